The summed E-state index contributed by atoms with van der Waals surface area (Å²) in [5, 5.41) is 3.27. The molecule has 1 aromatic rings. The summed E-state index contributed by atoms with van der Waals surface area (Å²) in [5.41, 5.74) is 6.23. The number of ether oxygens (including phenoxy) is 1. The van der Waals surface area contributed by atoms with Gasteiger partial charge in [0.2, 0.25) is 6.41 Å². The van der Waals surface area contributed by atoms with E-state index in [1.165, 1.54) is 0 Å². The van der Waals surface area contributed by atoms with Gasteiger partial charge in [-0.3, -0.25) is 4.79 Å². The van der Waals surface area contributed by atoms with E-state index in [9.17, 15) is 4.79 Å². The SMILES string of the molecule is COc1nc(CN)cnc1NCC1CCN(C=O)CC1. The Morgan fingerprint density at radius 3 is 2.90 bits per heavy atom. The molecule has 1 aromatic heterocycles. The third kappa shape index (κ3) is 3.57. The fourth-order valence-electron chi connectivity index (χ4n) is 2.27. The van der Waals surface area contributed by atoms with Gasteiger partial charge in [0.15, 0.2) is 5.82 Å². The summed E-state index contributed by atoms with van der Waals surface area (Å²) in [6.45, 7) is 2.79. The predicted octanol–water partition coefficient (Wildman–Crippen LogP) is 0.224. The van der Waals surface area contributed by atoms with Gasteiger partial charge in [0.25, 0.3) is 5.88 Å². The summed E-state index contributed by atoms with van der Waals surface area (Å²) in [6, 6.07) is 0. The van der Waals surface area contributed by atoms with Gasteiger partial charge in [-0.25, -0.2) is 9.97 Å². The van der Waals surface area contributed by atoms with Crippen molar-refractivity contribution in [1.82, 2.24) is 14.9 Å². The van der Waals surface area contributed by atoms with Crippen molar-refractivity contribution in [2.75, 3.05) is 32.1 Å². The molecule has 0 unspecified atom stereocenters. The minimum atomic E-state index is 0.341. The zero-order chi connectivity index (χ0) is 14.4. The summed E-state index contributed by atoms with van der Waals surface area (Å²) in [7, 11) is 1.57. The highest BCUT2D eigenvalue weighted by Gasteiger charge is 2.18. The maximum atomic E-state index is 10.7. The van der Waals surface area contributed by atoms with E-state index in [2.05, 4.69) is 15.3 Å². The van der Waals surface area contributed by atoms with Crippen molar-refractivity contribution in [3.63, 3.8) is 0 Å². The van der Waals surface area contributed by atoms with Crippen molar-refractivity contribution in [1.29, 1.82) is 0 Å². The molecular weight excluding hydrogens is 258 g/mol. The Bertz CT molecular complexity index is 446. The molecule has 0 bridgehead atoms. The van der Waals surface area contributed by atoms with Crippen LogP contribution in [0.4, 0.5) is 5.82 Å². The molecule has 0 aliphatic carbocycles. The van der Waals surface area contributed by atoms with Crippen LogP contribution in [0.25, 0.3) is 0 Å². The molecule has 1 aliphatic rings. The Hall–Kier alpha value is -1.89. The van der Waals surface area contributed by atoms with Crippen LogP contribution in [-0.4, -0.2) is 48.0 Å². The molecule has 1 fully saturated rings. The summed E-state index contributed by atoms with van der Waals surface area (Å²) < 4.78 is 5.22. The zero-order valence-corrected chi connectivity index (χ0v) is 11.7. The monoisotopic (exact) mass is 279 g/mol. The average Bonchev–Trinajstić information content (AvgIpc) is 2.53. The van der Waals surface area contributed by atoms with Gasteiger partial charge in [-0.15, -0.1) is 0 Å². The molecular formula is C13H21N5O2. The number of hydrogen-bond donors (Lipinski definition) is 2. The summed E-state index contributed by atoms with van der Waals surface area (Å²) in [6.07, 6.45) is 4.58. The van der Waals surface area contributed by atoms with E-state index in [1.807, 2.05) is 4.90 Å². The van der Waals surface area contributed by atoms with Gasteiger partial charge >= 0.3 is 0 Å². The molecule has 110 valence electrons. The van der Waals surface area contributed by atoms with Crippen LogP contribution in [0.1, 0.15) is 18.5 Å². The molecule has 0 radical (unpaired) electrons. The van der Waals surface area contributed by atoms with Gasteiger partial charge in [0.05, 0.1) is 19.0 Å². The first-order valence-electron chi connectivity index (χ1n) is 6.80. The summed E-state index contributed by atoms with van der Waals surface area (Å²) in [5.74, 6) is 1.65. The molecule has 2 heterocycles. The second-order valence-corrected chi connectivity index (χ2v) is 4.89. The smallest absolute Gasteiger partial charge is 0.257 e. The van der Waals surface area contributed by atoms with Crippen LogP contribution in [0.15, 0.2) is 6.20 Å². The second-order valence-electron chi connectivity index (χ2n) is 4.89. The highest BCUT2D eigenvalue weighted by Crippen LogP contribution is 2.21. The lowest BCUT2D eigenvalue weighted by molar-refractivity contribution is -0.119. The predicted molar refractivity (Wildman–Crippen MR) is 75.3 cm³/mol. The lowest BCUT2D eigenvalue weighted by atomic mass is 9.97. The van der Waals surface area contributed by atoms with Gasteiger partial charge in [-0.1, -0.05) is 0 Å². The number of nitrogens with zero attached hydrogens (tertiary/aromatic N) is 3. The molecule has 3 N–H and O–H groups in total. The number of nitrogens with one attached hydrogen (secondary N) is 1. The van der Waals surface area contributed by atoms with Crippen molar-refractivity contribution < 1.29 is 9.53 Å². The fraction of sp³-hybridized carbons (Fsp3) is 0.615. The normalized spacial score (nSPS) is 16.0. The molecule has 1 amide bonds. The molecule has 0 aromatic carbocycles. The van der Waals surface area contributed by atoms with Crippen LogP contribution in [0.5, 0.6) is 5.88 Å². The third-order valence-corrected chi connectivity index (χ3v) is 3.55. The van der Waals surface area contributed by atoms with Crippen LogP contribution in [0, 0.1) is 5.92 Å². The number of nitrogens with two attached hydrogens (primary N) is 1. The van der Waals surface area contributed by atoms with Crippen LogP contribution < -0.4 is 15.8 Å². The number of rotatable bonds is 6. The van der Waals surface area contributed by atoms with E-state index in [-0.39, 0.29) is 0 Å². The van der Waals surface area contributed by atoms with Gasteiger partial charge in [-0.05, 0) is 18.8 Å². The van der Waals surface area contributed by atoms with E-state index in [4.69, 9.17) is 10.5 Å². The maximum absolute atomic E-state index is 10.7. The van der Waals surface area contributed by atoms with Gasteiger partial charge < -0.3 is 20.7 Å². The van der Waals surface area contributed by atoms with Crippen LogP contribution in [0.3, 0.4) is 0 Å². The van der Waals surface area contributed by atoms with E-state index in [0.29, 0.717) is 29.9 Å². The van der Waals surface area contributed by atoms with Crippen LogP contribution in [-0.2, 0) is 11.3 Å². The lowest BCUT2D eigenvalue weighted by Gasteiger charge is -2.29. The van der Waals surface area contributed by atoms with E-state index < -0.39 is 0 Å². The quantitative estimate of drug-likeness (QED) is 0.724. The van der Waals surface area contributed by atoms with Crippen molar-refractivity contribution in [3.8, 4) is 5.88 Å². The Morgan fingerprint density at radius 2 is 2.30 bits per heavy atom. The van der Waals surface area contributed by atoms with Crippen molar-refractivity contribution in [3.05, 3.63) is 11.9 Å². The minimum Gasteiger partial charge on any atom is -0.478 e. The molecule has 1 saturated heterocycles. The van der Waals surface area contributed by atoms with Gasteiger partial charge in [0.1, 0.15) is 0 Å². The Balaban J connectivity index is 1.89. The number of anilines is 1. The molecule has 1 aliphatic heterocycles. The first kappa shape index (κ1) is 14.5. The molecule has 20 heavy (non-hydrogen) atoms. The van der Waals surface area contributed by atoms with E-state index in [0.717, 1.165) is 38.9 Å². The Labute approximate surface area is 118 Å². The number of hydrogen-bond acceptors (Lipinski definition) is 6. The topological polar surface area (TPSA) is 93.4 Å². The van der Waals surface area contributed by atoms with E-state index in [1.54, 1.807) is 13.3 Å². The highest BCUT2D eigenvalue weighted by atomic mass is 16.5. The first-order valence-corrected chi connectivity index (χ1v) is 6.80. The minimum absolute atomic E-state index is 0.341. The summed E-state index contributed by atoms with van der Waals surface area (Å²) in [4.78, 5) is 21.0. The Kier molecular flexibility index (Phi) is 5.11. The number of carbonyl (C=O) groups excluding carboxylic acids is 1. The number of aromatic nitrogens is 2. The number of carbonyl (C=O) groups is 1. The van der Waals surface area contributed by atoms with Crippen molar-refractivity contribution in [2.24, 2.45) is 11.7 Å². The summed E-state index contributed by atoms with van der Waals surface area (Å²) >= 11 is 0. The van der Waals surface area contributed by atoms with E-state index >= 15 is 0 Å². The molecule has 0 saturated carbocycles. The molecule has 7 heteroatoms. The molecule has 0 atom stereocenters. The number of methoxy groups -OCH3 is 1. The van der Waals surface area contributed by atoms with Gasteiger partial charge in [0, 0.05) is 26.2 Å². The van der Waals surface area contributed by atoms with Gasteiger partial charge in [-0.2, -0.15) is 0 Å². The Morgan fingerprint density at radius 1 is 1.55 bits per heavy atom. The average molecular weight is 279 g/mol. The lowest BCUT2D eigenvalue weighted by Crippen LogP contribution is -2.34. The van der Waals surface area contributed by atoms with Crippen LogP contribution in [0.2, 0.25) is 0 Å². The highest BCUT2D eigenvalue weighted by molar-refractivity contribution is 5.47. The molecule has 2 rings (SSSR count). The van der Waals surface area contributed by atoms with Crippen molar-refractivity contribution in [2.45, 2.75) is 19.4 Å². The molecule has 0 spiro atoms. The number of amides is 1. The number of likely N-dealkylation sites (tertiary alicyclic amines) is 1. The number of piperidine rings is 1. The standard InChI is InChI=1S/C13H21N5O2/c1-20-13-12(16-8-11(6-14)17-13)15-7-10-2-4-18(9-19)5-3-10/h8-10H,2-7,14H2,1H3,(H,15,16). The zero-order valence-electron chi connectivity index (χ0n) is 11.7. The largest absolute Gasteiger partial charge is 0.478 e. The maximum Gasteiger partial charge on any atom is 0.257 e. The van der Waals surface area contributed by atoms with Crippen LogP contribution >= 0.6 is 0 Å². The second kappa shape index (κ2) is 7.04. The first-order chi connectivity index (χ1) is 9.76. The third-order valence-electron chi connectivity index (χ3n) is 3.55. The fourth-order valence-corrected chi connectivity index (χ4v) is 2.27. The van der Waals surface area contributed by atoms with Crippen molar-refractivity contribution >= 4 is 12.2 Å². The molecule has 7 nitrogen and oxygen atoms in total.